The maximum Gasteiger partial charge on any atom is 0.273 e. The quantitative estimate of drug-likeness (QED) is 0.907. The van der Waals surface area contributed by atoms with Crippen LogP contribution < -0.4 is 10.6 Å². The van der Waals surface area contributed by atoms with Crippen LogP contribution in [0.3, 0.4) is 0 Å². The Balaban J connectivity index is 2.39. The highest BCUT2D eigenvalue weighted by Crippen LogP contribution is 2.22. The van der Waals surface area contributed by atoms with E-state index in [-0.39, 0.29) is 16.5 Å². The van der Waals surface area contributed by atoms with Crippen LogP contribution in [-0.2, 0) is 0 Å². The minimum Gasteiger partial charge on any atom is -0.354 e. The van der Waals surface area contributed by atoms with Crippen LogP contribution in [0, 0.1) is 13.8 Å². The molecule has 6 nitrogen and oxygen atoms in total. The van der Waals surface area contributed by atoms with E-state index in [1.54, 1.807) is 0 Å². The number of amides is 1. The van der Waals surface area contributed by atoms with Gasteiger partial charge < -0.3 is 10.6 Å². The van der Waals surface area contributed by atoms with Crippen molar-refractivity contribution in [3.63, 3.8) is 0 Å². The van der Waals surface area contributed by atoms with E-state index in [1.807, 2.05) is 31.3 Å². The van der Waals surface area contributed by atoms with Crippen molar-refractivity contribution in [1.29, 1.82) is 0 Å². The lowest BCUT2D eigenvalue weighted by atomic mass is 10.2. The second-order valence-corrected chi connectivity index (χ2v) is 4.51. The van der Waals surface area contributed by atoms with E-state index in [4.69, 9.17) is 15.7 Å². The maximum absolute atomic E-state index is 12.1. The lowest BCUT2D eigenvalue weighted by molar-refractivity contribution is 0.0958. The van der Waals surface area contributed by atoms with Gasteiger partial charge in [0.1, 0.15) is 5.82 Å². The summed E-state index contributed by atoms with van der Waals surface area (Å²) in [7, 11) is 0. The summed E-state index contributed by atoms with van der Waals surface area (Å²) in [6, 6.07) is 5.09. The number of carbonyl (C=O) groups is 1. The number of pyridine rings is 1. The average molecular weight is 295 g/mol. The second-order valence-electron chi connectivity index (χ2n) is 4.13. The minimum absolute atomic E-state index is 0.0586. The molecule has 0 aliphatic heterocycles. The normalized spacial score (nSPS) is 13.1. The lowest BCUT2D eigenvalue weighted by Crippen LogP contribution is -2.21. The predicted octanol–water partition coefficient (Wildman–Crippen LogP) is 2.25. The molecule has 2 N–H and O–H groups in total. The van der Waals surface area contributed by atoms with Crippen molar-refractivity contribution in [3.8, 4) is 0 Å². The molecule has 2 aromatic heterocycles. The minimum atomic E-state index is -2.63. The zero-order valence-electron chi connectivity index (χ0n) is 13.9. The summed E-state index contributed by atoms with van der Waals surface area (Å²) in [5, 5.41) is 12.1. The van der Waals surface area contributed by atoms with Gasteiger partial charge in [0.15, 0.2) is 10.8 Å². The molecule has 20 heavy (non-hydrogen) atoms. The molecule has 2 rings (SSSR count). The summed E-state index contributed by atoms with van der Waals surface area (Å²) in [6.07, 6.45) is 0. The molecule has 0 fully saturated rings. The first-order chi connectivity index (χ1) is 10.7. The van der Waals surface area contributed by atoms with Crippen LogP contribution in [0.1, 0.15) is 25.9 Å². The SMILES string of the molecule is [2H]C([2H])([2H])NC(=O)c1nnc(Cl)cc1Nc1nc(C)ccc1C. The number of rotatable bonds is 3. The third-order valence-corrected chi connectivity index (χ3v) is 2.77. The number of nitrogens with zero attached hydrogens (tertiary/aromatic N) is 3. The Morgan fingerprint density at radius 2 is 2.15 bits per heavy atom. The largest absolute Gasteiger partial charge is 0.354 e. The van der Waals surface area contributed by atoms with Crippen LogP contribution in [0.2, 0.25) is 5.15 Å². The van der Waals surface area contributed by atoms with Crippen molar-refractivity contribution < 1.29 is 8.91 Å². The fraction of sp³-hybridized carbons (Fsp3) is 0.231. The van der Waals surface area contributed by atoms with Gasteiger partial charge in [0.2, 0.25) is 0 Å². The van der Waals surface area contributed by atoms with E-state index in [0.717, 1.165) is 11.3 Å². The average Bonchev–Trinajstić information content (AvgIpc) is 2.41. The van der Waals surface area contributed by atoms with Crippen LogP contribution >= 0.6 is 11.6 Å². The number of anilines is 2. The van der Waals surface area contributed by atoms with Crippen LogP contribution in [-0.4, -0.2) is 28.1 Å². The van der Waals surface area contributed by atoms with E-state index in [2.05, 4.69) is 20.5 Å². The molecule has 0 bridgehead atoms. The summed E-state index contributed by atoms with van der Waals surface area (Å²) >= 11 is 5.82. The first kappa shape index (κ1) is 10.6. The molecule has 2 heterocycles. The number of nitrogens with one attached hydrogen (secondary N) is 2. The number of aryl methyl sites for hydroxylation is 2. The summed E-state index contributed by atoms with van der Waals surface area (Å²) in [5.41, 5.74) is 1.65. The number of halogens is 1. The van der Waals surface area contributed by atoms with Crippen LogP contribution in [0.5, 0.6) is 0 Å². The second kappa shape index (κ2) is 5.83. The Kier molecular flexibility index (Phi) is 3.08. The van der Waals surface area contributed by atoms with Gasteiger partial charge >= 0.3 is 0 Å². The maximum atomic E-state index is 12.1. The summed E-state index contributed by atoms with van der Waals surface area (Å²) < 4.78 is 21.3. The van der Waals surface area contributed by atoms with Crippen molar-refractivity contribution in [2.24, 2.45) is 0 Å². The van der Waals surface area contributed by atoms with Gasteiger partial charge in [-0.25, -0.2) is 4.98 Å². The monoisotopic (exact) mass is 294 g/mol. The Labute approximate surface area is 125 Å². The third-order valence-electron chi connectivity index (χ3n) is 2.58. The number of hydrogen-bond donors (Lipinski definition) is 2. The van der Waals surface area contributed by atoms with Gasteiger partial charge in [-0.1, -0.05) is 17.7 Å². The zero-order chi connectivity index (χ0) is 17.2. The van der Waals surface area contributed by atoms with Gasteiger partial charge in [0.25, 0.3) is 5.91 Å². The van der Waals surface area contributed by atoms with E-state index in [0.29, 0.717) is 5.82 Å². The van der Waals surface area contributed by atoms with Crippen LogP contribution in [0.25, 0.3) is 0 Å². The molecular formula is C13H14ClN5O. The highest BCUT2D eigenvalue weighted by molar-refractivity contribution is 6.29. The Morgan fingerprint density at radius 3 is 2.90 bits per heavy atom. The molecule has 7 heteroatoms. The first-order valence-electron chi connectivity index (χ1n) is 7.23. The van der Waals surface area contributed by atoms with Crippen LogP contribution in [0.4, 0.5) is 11.5 Å². The smallest absolute Gasteiger partial charge is 0.273 e. The molecule has 104 valence electrons. The zero-order valence-corrected chi connectivity index (χ0v) is 11.6. The van der Waals surface area contributed by atoms with E-state index in [1.165, 1.54) is 6.07 Å². The fourth-order valence-corrected chi connectivity index (χ4v) is 1.72. The van der Waals surface area contributed by atoms with E-state index < -0.39 is 12.9 Å². The lowest BCUT2D eigenvalue weighted by Gasteiger charge is -2.12. The molecule has 0 saturated heterocycles. The number of carbonyl (C=O) groups excluding carboxylic acids is 1. The molecule has 0 saturated carbocycles. The van der Waals surface area contributed by atoms with Crippen molar-refractivity contribution in [2.45, 2.75) is 13.8 Å². The molecule has 0 spiro atoms. The van der Waals surface area contributed by atoms with Crippen LogP contribution in [0.15, 0.2) is 18.2 Å². The van der Waals surface area contributed by atoms with Gasteiger partial charge in [-0.15, -0.1) is 10.2 Å². The van der Waals surface area contributed by atoms with Crippen molar-refractivity contribution in [3.05, 3.63) is 40.3 Å². The van der Waals surface area contributed by atoms with Gasteiger partial charge in [-0.2, -0.15) is 0 Å². The Morgan fingerprint density at radius 1 is 1.35 bits per heavy atom. The summed E-state index contributed by atoms with van der Waals surface area (Å²) in [5.74, 6) is -0.376. The first-order valence-corrected chi connectivity index (χ1v) is 6.10. The Bertz CT molecular complexity index is 751. The highest BCUT2D eigenvalue weighted by Gasteiger charge is 2.15. The van der Waals surface area contributed by atoms with Gasteiger partial charge in [-0.3, -0.25) is 4.79 Å². The van der Waals surface area contributed by atoms with E-state index in [9.17, 15) is 4.79 Å². The molecule has 1 amide bonds. The molecule has 0 aliphatic carbocycles. The summed E-state index contributed by atoms with van der Waals surface area (Å²) in [6.45, 7) is 1.03. The van der Waals surface area contributed by atoms with Gasteiger partial charge in [0.05, 0.1) is 5.69 Å². The van der Waals surface area contributed by atoms with Gasteiger partial charge in [0, 0.05) is 22.8 Å². The molecular weight excluding hydrogens is 278 g/mol. The molecule has 0 aromatic carbocycles. The predicted molar refractivity (Wildman–Crippen MR) is 77.4 cm³/mol. The molecule has 0 aliphatic rings. The fourth-order valence-electron chi connectivity index (χ4n) is 1.57. The van der Waals surface area contributed by atoms with Crippen molar-refractivity contribution in [1.82, 2.24) is 20.5 Å². The Hall–Kier alpha value is -2.21. The number of aromatic nitrogens is 3. The third kappa shape index (κ3) is 3.03. The van der Waals surface area contributed by atoms with Crippen molar-refractivity contribution >= 4 is 29.0 Å². The molecule has 0 atom stereocenters. The topological polar surface area (TPSA) is 79.8 Å². The molecule has 2 aromatic rings. The van der Waals surface area contributed by atoms with Crippen molar-refractivity contribution in [2.75, 3.05) is 12.3 Å². The highest BCUT2D eigenvalue weighted by atomic mass is 35.5. The molecule has 0 radical (unpaired) electrons. The molecule has 0 unspecified atom stereocenters. The number of hydrogen-bond acceptors (Lipinski definition) is 5. The van der Waals surface area contributed by atoms with Gasteiger partial charge in [-0.05, 0) is 25.5 Å². The standard InChI is InChI=1S/C13H14ClN5O/c1-7-4-5-8(2)16-12(7)17-9-6-10(14)18-19-11(9)13(20)15-3/h4-6H,1-3H3,(H,15,20)(H,16,17,18)/i3D3. The summed E-state index contributed by atoms with van der Waals surface area (Å²) in [4.78, 5) is 16.4. The van der Waals surface area contributed by atoms with E-state index >= 15 is 0 Å².